The molecule has 0 aromatic heterocycles. The van der Waals surface area contributed by atoms with E-state index in [-0.39, 0.29) is 0 Å². The fourth-order valence-corrected chi connectivity index (χ4v) is 1.94. The molecule has 1 N–H and O–H groups in total. The van der Waals surface area contributed by atoms with Crippen molar-refractivity contribution in [1.29, 1.82) is 0 Å². The Morgan fingerprint density at radius 3 is 2.47 bits per heavy atom. The standard InChI is InChI=1S/C15H22O2.CH4O/c1-4-5-6-10-17-14-9-7-8-13(11-16)15(14)12(2)3;1-2/h7-9,11-12H,4-6,10H2,1-3H3;2H,1H3. The highest BCUT2D eigenvalue weighted by atomic mass is 16.5. The van der Waals surface area contributed by atoms with Crippen molar-refractivity contribution < 1.29 is 14.6 Å². The summed E-state index contributed by atoms with van der Waals surface area (Å²) in [5.74, 6) is 1.17. The minimum atomic E-state index is 0.303. The number of aliphatic hydroxyl groups is 1. The van der Waals surface area contributed by atoms with Gasteiger partial charge in [0, 0.05) is 18.2 Å². The number of carbonyl (C=O) groups is 1. The SMILES string of the molecule is CCCCCOc1cccc(C=O)c1C(C)C.CO. The van der Waals surface area contributed by atoms with E-state index in [0.717, 1.165) is 43.3 Å². The quantitative estimate of drug-likeness (QED) is 0.603. The molecular formula is C16H26O3. The molecule has 108 valence electrons. The topological polar surface area (TPSA) is 46.5 Å². The zero-order chi connectivity index (χ0) is 14.7. The summed E-state index contributed by atoms with van der Waals surface area (Å²) >= 11 is 0. The smallest absolute Gasteiger partial charge is 0.150 e. The summed E-state index contributed by atoms with van der Waals surface area (Å²) in [5.41, 5.74) is 1.77. The number of ether oxygens (including phenoxy) is 1. The van der Waals surface area contributed by atoms with E-state index >= 15 is 0 Å². The second kappa shape index (κ2) is 10.6. The van der Waals surface area contributed by atoms with Crippen LogP contribution in [-0.4, -0.2) is 25.1 Å². The number of carbonyl (C=O) groups excluding carboxylic acids is 1. The second-order valence-corrected chi connectivity index (χ2v) is 4.59. The molecule has 0 radical (unpaired) electrons. The van der Waals surface area contributed by atoms with E-state index in [1.807, 2.05) is 18.2 Å². The van der Waals surface area contributed by atoms with E-state index in [4.69, 9.17) is 9.84 Å². The first-order valence-corrected chi connectivity index (χ1v) is 6.86. The molecule has 0 aliphatic rings. The molecule has 0 aliphatic carbocycles. The summed E-state index contributed by atoms with van der Waals surface area (Å²) < 4.78 is 5.78. The van der Waals surface area contributed by atoms with E-state index < -0.39 is 0 Å². The second-order valence-electron chi connectivity index (χ2n) is 4.59. The van der Waals surface area contributed by atoms with E-state index in [0.29, 0.717) is 5.92 Å². The fraction of sp³-hybridized carbons (Fsp3) is 0.562. The van der Waals surface area contributed by atoms with Crippen LogP contribution in [-0.2, 0) is 0 Å². The Bertz CT molecular complexity index is 359. The summed E-state index contributed by atoms with van der Waals surface area (Å²) in [4.78, 5) is 11.0. The van der Waals surface area contributed by atoms with Crippen LogP contribution in [0.1, 0.15) is 61.9 Å². The van der Waals surface area contributed by atoms with Crippen LogP contribution in [0.2, 0.25) is 0 Å². The van der Waals surface area contributed by atoms with E-state index in [1.54, 1.807) is 0 Å². The summed E-state index contributed by atoms with van der Waals surface area (Å²) in [7, 11) is 1.00. The lowest BCUT2D eigenvalue weighted by Crippen LogP contribution is -2.04. The Kier molecular flexibility index (Phi) is 9.81. The minimum absolute atomic E-state index is 0.303. The van der Waals surface area contributed by atoms with Gasteiger partial charge in [-0.05, 0) is 18.4 Å². The molecule has 0 amide bonds. The lowest BCUT2D eigenvalue weighted by molar-refractivity contribution is 0.112. The molecule has 0 bridgehead atoms. The Balaban J connectivity index is 0.00000154. The Morgan fingerprint density at radius 1 is 1.26 bits per heavy atom. The van der Waals surface area contributed by atoms with E-state index in [2.05, 4.69) is 20.8 Å². The van der Waals surface area contributed by atoms with Gasteiger partial charge in [-0.1, -0.05) is 45.7 Å². The minimum Gasteiger partial charge on any atom is -0.493 e. The molecule has 0 heterocycles. The van der Waals surface area contributed by atoms with E-state index in [9.17, 15) is 4.79 Å². The van der Waals surface area contributed by atoms with Crippen LogP contribution in [0.5, 0.6) is 5.75 Å². The average Bonchev–Trinajstić information content (AvgIpc) is 2.45. The van der Waals surface area contributed by atoms with Gasteiger partial charge in [-0.25, -0.2) is 0 Å². The molecule has 0 fully saturated rings. The van der Waals surface area contributed by atoms with Gasteiger partial charge in [0.2, 0.25) is 0 Å². The molecule has 19 heavy (non-hydrogen) atoms. The lowest BCUT2D eigenvalue weighted by atomic mass is 9.97. The molecule has 3 nitrogen and oxygen atoms in total. The number of hydrogen-bond donors (Lipinski definition) is 1. The lowest BCUT2D eigenvalue weighted by Gasteiger charge is -2.15. The molecule has 0 spiro atoms. The third-order valence-electron chi connectivity index (χ3n) is 2.81. The van der Waals surface area contributed by atoms with Gasteiger partial charge in [-0.2, -0.15) is 0 Å². The van der Waals surface area contributed by atoms with Crippen molar-refractivity contribution in [3.63, 3.8) is 0 Å². The summed E-state index contributed by atoms with van der Waals surface area (Å²) in [5, 5.41) is 7.00. The molecule has 1 rings (SSSR count). The first kappa shape index (κ1) is 17.6. The van der Waals surface area contributed by atoms with Crippen molar-refractivity contribution in [1.82, 2.24) is 0 Å². The van der Waals surface area contributed by atoms with Gasteiger partial charge in [0.25, 0.3) is 0 Å². The predicted octanol–water partition coefficient (Wildman–Crippen LogP) is 3.80. The van der Waals surface area contributed by atoms with Crippen molar-refractivity contribution in [2.45, 2.75) is 46.0 Å². The zero-order valence-electron chi connectivity index (χ0n) is 12.5. The van der Waals surface area contributed by atoms with Crippen molar-refractivity contribution in [3.8, 4) is 5.75 Å². The molecule has 1 aromatic carbocycles. The largest absolute Gasteiger partial charge is 0.493 e. The Morgan fingerprint density at radius 2 is 1.95 bits per heavy atom. The van der Waals surface area contributed by atoms with Crippen LogP contribution in [0.4, 0.5) is 0 Å². The van der Waals surface area contributed by atoms with Crippen LogP contribution < -0.4 is 4.74 Å². The maximum absolute atomic E-state index is 11.0. The number of hydrogen-bond acceptors (Lipinski definition) is 3. The third-order valence-corrected chi connectivity index (χ3v) is 2.81. The normalized spacial score (nSPS) is 9.79. The van der Waals surface area contributed by atoms with Crippen LogP contribution in [0, 0.1) is 0 Å². The highest BCUT2D eigenvalue weighted by molar-refractivity contribution is 5.79. The van der Waals surface area contributed by atoms with Gasteiger partial charge in [-0.15, -0.1) is 0 Å². The Hall–Kier alpha value is -1.35. The van der Waals surface area contributed by atoms with Gasteiger partial charge in [0.1, 0.15) is 12.0 Å². The molecule has 1 aromatic rings. The van der Waals surface area contributed by atoms with Crippen molar-refractivity contribution in [3.05, 3.63) is 29.3 Å². The molecule has 0 aliphatic heterocycles. The molecule has 0 saturated carbocycles. The first-order chi connectivity index (χ1) is 9.20. The average molecular weight is 266 g/mol. The van der Waals surface area contributed by atoms with Gasteiger partial charge in [-0.3, -0.25) is 4.79 Å². The van der Waals surface area contributed by atoms with Crippen LogP contribution in [0.3, 0.4) is 0 Å². The van der Waals surface area contributed by atoms with Gasteiger partial charge in [0.05, 0.1) is 6.61 Å². The highest BCUT2D eigenvalue weighted by Gasteiger charge is 2.12. The number of rotatable bonds is 7. The zero-order valence-corrected chi connectivity index (χ0v) is 12.5. The number of unbranched alkanes of at least 4 members (excludes halogenated alkanes) is 2. The molecule has 0 atom stereocenters. The summed E-state index contributed by atoms with van der Waals surface area (Å²) in [6.45, 7) is 7.07. The first-order valence-electron chi connectivity index (χ1n) is 6.86. The van der Waals surface area contributed by atoms with Gasteiger partial charge >= 0.3 is 0 Å². The molecule has 0 saturated heterocycles. The van der Waals surface area contributed by atoms with Crippen LogP contribution in [0.25, 0.3) is 0 Å². The van der Waals surface area contributed by atoms with E-state index in [1.165, 1.54) is 12.8 Å². The number of aliphatic hydroxyl groups excluding tert-OH is 1. The fourth-order valence-electron chi connectivity index (χ4n) is 1.94. The molecule has 3 heteroatoms. The highest BCUT2D eigenvalue weighted by Crippen LogP contribution is 2.29. The number of benzene rings is 1. The predicted molar refractivity (Wildman–Crippen MR) is 79.1 cm³/mol. The molecule has 0 unspecified atom stereocenters. The van der Waals surface area contributed by atoms with Gasteiger partial charge < -0.3 is 9.84 Å². The Labute approximate surface area is 116 Å². The maximum Gasteiger partial charge on any atom is 0.150 e. The monoisotopic (exact) mass is 266 g/mol. The third kappa shape index (κ3) is 5.88. The molecular weight excluding hydrogens is 240 g/mol. The van der Waals surface area contributed by atoms with Crippen molar-refractivity contribution in [2.75, 3.05) is 13.7 Å². The van der Waals surface area contributed by atoms with Crippen LogP contribution in [0.15, 0.2) is 18.2 Å². The van der Waals surface area contributed by atoms with Crippen LogP contribution >= 0.6 is 0 Å². The van der Waals surface area contributed by atoms with Gasteiger partial charge in [0.15, 0.2) is 0 Å². The maximum atomic E-state index is 11.0. The summed E-state index contributed by atoms with van der Waals surface area (Å²) in [6.07, 6.45) is 4.35. The van der Waals surface area contributed by atoms with Crippen molar-refractivity contribution in [2.24, 2.45) is 0 Å². The van der Waals surface area contributed by atoms with Crippen molar-refractivity contribution >= 4 is 6.29 Å². The number of aldehydes is 1. The summed E-state index contributed by atoms with van der Waals surface area (Å²) in [6, 6.07) is 5.68.